The molecular weight excluding hydrogens is 172 g/mol. The van der Waals surface area contributed by atoms with Crippen LogP contribution in [-0.2, 0) is 0 Å². The van der Waals surface area contributed by atoms with Crippen LogP contribution >= 0.6 is 0 Å². The third-order valence-corrected chi connectivity index (χ3v) is 3.48. The molecule has 1 nitrogen and oxygen atoms in total. The summed E-state index contributed by atoms with van der Waals surface area (Å²) in [5.74, 6) is 1.08. The topological polar surface area (TPSA) is 20.2 Å². The van der Waals surface area contributed by atoms with Gasteiger partial charge in [-0.25, -0.2) is 0 Å². The summed E-state index contributed by atoms with van der Waals surface area (Å²) >= 11 is 0. The molecular formula is C13H18O. The van der Waals surface area contributed by atoms with Crippen LogP contribution in [0.25, 0.3) is 0 Å². The summed E-state index contributed by atoms with van der Waals surface area (Å²) in [6.45, 7) is 4.27. The highest BCUT2D eigenvalue weighted by atomic mass is 16.3. The lowest BCUT2D eigenvalue weighted by atomic mass is 9.66. The first-order valence-corrected chi connectivity index (χ1v) is 5.47. The van der Waals surface area contributed by atoms with E-state index < -0.39 is 0 Å². The van der Waals surface area contributed by atoms with Gasteiger partial charge in [0.1, 0.15) is 0 Å². The normalized spacial score (nSPS) is 31.2. The molecule has 0 saturated heterocycles. The van der Waals surface area contributed by atoms with Gasteiger partial charge in [0.05, 0.1) is 6.10 Å². The fourth-order valence-corrected chi connectivity index (χ4v) is 2.44. The van der Waals surface area contributed by atoms with Crippen LogP contribution in [0.4, 0.5) is 0 Å². The highest BCUT2D eigenvalue weighted by Gasteiger charge is 2.38. The summed E-state index contributed by atoms with van der Waals surface area (Å²) in [5.41, 5.74) is 2.70. The van der Waals surface area contributed by atoms with E-state index >= 15 is 0 Å². The van der Waals surface area contributed by atoms with Crippen LogP contribution in [0.2, 0.25) is 0 Å². The standard InChI is InChI=1S/C13H18O/c1-3-11-12(8-13(11)14)10-6-4-9(2)5-7-10/h4-7,11-14H,3,8H2,1-2H3. The molecule has 0 spiro atoms. The van der Waals surface area contributed by atoms with Crippen LogP contribution in [0.3, 0.4) is 0 Å². The summed E-state index contributed by atoms with van der Waals surface area (Å²) < 4.78 is 0. The summed E-state index contributed by atoms with van der Waals surface area (Å²) in [5, 5.41) is 9.59. The first kappa shape index (κ1) is 9.72. The van der Waals surface area contributed by atoms with Gasteiger partial charge < -0.3 is 5.11 Å². The van der Waals surface area contributed by atoms with Crippen molar-refractivity contribution in [3.8, 4) is 0 Å². The molecule has 1 fully saturated rings. The van der Waals surface area contributed by atoms with E-state index in [1.165, 1.54) is 11.1 Å². The zero-order valence-corrected chi connectivity index (χ0v) is 8.90. The van der Waals surface area contributed by atoms with E-state index in [0.717, 1.165) is 12.8 Å². The molecule has 0 radical (unpaired) electrons. The molecule has 0 amide bonds. The van der Waals surface area contributed by atoms with Gasteiger partial charge in [-0.15, -0.1) is 0 Å². The molecule has 76 valence electrons. The van der Waals surface area contributed by atoms with Gasteiger partial charge in [-0.2, -0.15) is 0 Å². The number of hydrogen-bond donors (Lipinski definition) is 1. The minimum atomic E-state index is -0.0636. The molecule has 1 saturated carbocycles. The molecule has 1 aliphatic rings. The third kappa shape index (κ3) is 1.57. The van der Waals surface area contributed by atoms with Crippen LogP contribution in [0, 0.1) is 12.8 Å². The van der Waals surface area contributed by atoms with Gasteiger partial charge in [0.15, 0.2) is 0 Å². The van der Waals surface area contributed by atoms with Gasteiger partial charge in [-0.05, 0) is 30.7 Å². The lowest BCUT2D eigenvalue weighted by molar-refractivity contribution is -0.000726. The maximum absolute atomic E-state index is 9.59. The van der Waals surface area contributed by atoms with Crippen LogP contribution in [0.5, 0.6) is 0 Å². The van der Waals surface area contributed by atoms with Crippen molar-refractivity contribution >= 4 is 0 Å². The minimum absolute atomic E-state index is 0.0636. The van der Waals surface area contributed by atoms with E-state index in [1.807, 2.05) is 0 Å². The van der Waals surface area contributed by atoms with E-state index in [9.17, 15) is 5.11 Å². The van der Waals surface area contributed by atoms with Crippen LogP contribution in [0.15, 0.2) is 24.3 Å². The number of aliphatic hydroxyl groups is 1. The zero-order chi connectivity index (χ0) is 10.1. The Hall–Kier alpha value is -0.820. The van der Waals surface area contributed by atoms with Crippen molar-refractivity contribution in [1.82, 2.24) is 0 Å². The third-order valence-electron chi connectivity index (χ3n) is 3.48. The molecule has 3 unspecified atom stereocenters. The highest BCUT2D eigenvalue weighted by molar-refractivity contribution is 5.27. The number of rotatable bonds is 2. The second kappa shape index (κ2) is 3.74. The average molecular weight is 190 g/mol. The quantitative estimate of drug-likeness (QED) is 0.760. The fraction of sp³-hybridized carbons (Fsp3) is 0.538. The van der Waals surface area contributed by atoms with E-state index in [0.29, 0.717) is 11.8 Å². The Morgan fingerprint density at radius 1 is 1.29 bits per heavy atom. The van der Waals surface area contributed by atoms with Crippen LogP contribution in [0.1, 0.15) is 36.8 Å². The number of aryl methyl sites for hydroxylation is 1. The smallest absolute Gasteiger partial charge is 0.0580 e. The van der Waals surface area contributed by atoms with E-state index in [1.54, 1.807) is 0 Å². The summed E-state index contributed by atoms with van der Waals surface area (Å²) in [4.78, 5) is 0. The molecule has 14 heavy (non-hydrogen) atoms. The predicted octanol–water partition coefficient (Wildman–Crippen LogP) is 2.87. The van der Waals surface area contributed by atoms with Crippen molar-refractivity contribution in [2.45, 2.75) is 38.7 Å². The number of hydrogen-bond acceptors (Lipinski definition) is 1. The van der Waals surface area contributed by atoms with Crippen molar-refractivity contribution in [3.05, 3.63) is 35.4 Å². The monoisotopic (exact) mass is 190 g/mol. The molecule has 2 rings (SSSR count). The Bertz CT molecular complexity index is 302. The van der Waals surface area contributed by atoms with Crippen molar-refractivity contribution in [3.63, 3.8) is 0 Å². The van der Waals surface area contributed by atoms with Gasteiger partial charge in [0, 0.05) is 0 Å². The Morgan fingerprint density at radius 3 is 2.43 bits per heavy atom. The van der Waals surface area contributed by atoms with E-state index in [4.69, 9.17) is 0 Å². The van der Waals surface area contributed by atoms with Crippen molar-refractivity contribution in [1.29, 1.82) is 0 Å². The Kier molecular flexibility index (Phi) is 2.60. The SMILES string of the molecule is CCC1C(O)CC1c1ccc(C)cc1. The van der Waals surface area contributed by atoms with E-state index in [2.05, 4.69) is 38.1 Å². The summed E-state index contributed by atoms with van der Waals surface area (Å²) in [7, 11) is 0. The molecule has 3 atom stereocenters. The maximum atomic E-state index is 9.59. The summed E-state index contributed by atoms with van der Waals surface area (Å²) in [6.07, 6.45) is 1.97. The van der Waals surface area contributed by atoms with E-state index in [-0.39, 0.29) is 6.10 Å². The van der Waals surface area contributed by atoms with Gasteiger partial charge in [0.25, 0.3) is 0 Å². The zero-order valence-electron chi connectivity index (χ0n) is 8.90. The van der Waals surface area contributed by atoms with Gasteiger partial charge in [-0.3, -0.25) is 0 Å². The highest BCUT2D eigenvalue weighted by Crippen LogP contribution is 2.44. The second-order valence-corrected chi connectivity index (χ2v) is 4.39. The molecule has 1 N–H and O–H groups in total. The van der Waals surface area contributed by atoms with Crippen LogP contribution in [-0.4, -0.2) is 11.2 Å². The fourth-order valence-electron chi connectivity index (χ4n) is 2.44. The molecule has 1 aromatic carbocycles. The number of benzene rings is 1. The van der Waals surface area contributed by atoms with Gasteiger partial charge in [0.2, 0.25) is 0 Å². The minimum Gasteiger partial charge on any atom is -0.393 e. The Balaban J connectivity index is 2.13. The molecule has 0 aromatic heterocycles. The maximum Gasteiger partial charge on any atom is 0.0580 e. The molecule has 0 aliphatic heterocycles. The molecule has 1 aromatic rings. The average Bonchev–Trinajstić information content (AvgIpc) is 2.16. The van der Waals surface area contributed by atoms with Crippen molar-refractivity contribution < 1.29 is 5.11 Å². The molecule has 1 heteroatoms. The van der Waals surface area contributed by atoms with Crippen molar-refractivity contribution in [2.75, 3.05) is 0 Å². The van der Waals surface area contributed by atoms with Gasteiger partial charge >= 0.3 is 0 Å². The van der Waals surface area contributed by atoms with Gasteiger partial charge in [-0.1, -0.05) is 43.2 Å². The lowest BCUT2D eigenvalue weighted by Crippen LogP contribution is -2.38. The van der Waals surface area contributed by atoms with Crippen LogP contribution < -0.4 is 0 Å². The molecule has 0 heterocycles. The molecule has 0 bridgehead atoms. The number of aliphatic hydroxyl groups excluding tert-OH is 1. The second-order valence-electron chi connectivity index (χ2n) is 4.39. The predicted molar refractivity (Wildman–Crippen MR) is 58.3 cm³/mol. The first-order valence-electron chi connectivity index (χ1n) is 5.47. The Morgan fingerprint density at radius 2 is 1.93 bits per heavy atom. The lowest BCUT2D eigenvalue weighted by Gasteiger charge is -2.41. The Labute approximate surface area is 85.8 Å². The first-order chi connectivity index (χ1) is 6.72. The molecule has 1 aliphatic carbocycles. The summed E-state index contributed by atoms with van der Waals surface area (Å²) in [6, 6.07) is 8.72. The van der Waals surface area contributed by atoms with Crippen molar-refractivity contribution in [2.24, 2.45) is 5.92 Å². The largest absolute Gasteiger partial charge is 0.393 e.